The van der Waals surface area contributed by atoms with Crippen LogP contribution in [-0.4, -0.2) is 13.7 Å². The van der Waals surface area contributed by atoms with Crippen LogP contribution in [0.25, 0.3) is 11.1 Å². The molecule has 0 heterocycles. The second kappa shape index (κ2) is 9.47. The fourth-order valence-corrected chi connectivity index (χ4v) is 2.79. The van der Waals surface area contributed by atoms with Crippen molar-refractivity contribution in [2.45, 2.75) is 20.1 Å². The highest BCUT2D eigenvalue weighted by atomic mass is 19.2. The first kappa shape index (κ1) is 20.7. The predicted molar refractivity (Wildman–Crippen MR) is 104 cm³/mol. The van der Waals surface area contributed by atoms with Crippen LogP contribution in [0.4, 0.5) is 13.2 Å². The van der Waals surface area contributed by atoms with Gasteiger partial charge in [-0.25, -0.2) is 4.39 Å². The molecule has 3 aromatic rings. The highest BCUT2D eigenvalue weighted by molar-refractivity contribution is 5.64. The van der Waals surface area contributed by atoms with Gasteiger partial charge in [-0.2, -0.15) is 8.78 Å². The Hall–Kier alpha value is -2.99. The molecular weight excluding hydrogens is 381 g/mol. The number of rotatable bonds is 8. The Morgan fingerprint density at radius 2 is 1.41 bits per heavy atom. The van der Waals surface area contributed by atoms with Crippen molar-refractivity contribution in [2.75, 3.05) is 13.7 Å². The Morgan fingerprint density at radius 3 is 2.07 bits per heavy atom. The van der Waals surface area contributed by atoms with Gasteiger partial charge in [-0.05, 0) is 41.8 Å². The topological polar surface area (TPSA) is 27.7 Å². The summed E-state index contributed by atoms with van der Waals surface area (Å²) in [5.74, 6) is -2.88. The fourth-order valence-electron chi connectivity index (χ4n) is 2.79. The molecule has 0 atom stereocenters. The molecule has 0 saturated carbocycles. The molecule has 0 aliphatic carbocycles. The van der Waals surface area contributed by atoms with Crippen LogP contribution in [0.5, 0.6) is 11.5 Å². The smallest absolute Gasteiger partial charge is 0.204 e. The zero-order chi connectivity index (χ0) is 20.8. The van der Waals surface area contributed by atoms with Crippen LogP contribution in [0, 0.1) is 17.5 Å². The first-order chi connectivity index (χ1) is 14.0. The van der Waals surface area contributed by atoms with E-state index in [1.807, 2.05) is 25.1 Å². The van der Waals surface area contributed by atoms with Crippen molar-refractivity contribution >= 4 is 0 Å². The van der Waals surface area contributed by atoms with E-state index < -0.39 is 11.6 Å². The monoisotopic (exact) mass is 402 g/mol. The maximum Gasteiger partial charge on any atom is 0.204 e. The average Bonchev–Trinajstić information content (AvgIpc) is 2.74. The van der Waals surface area contributed by atoms with E-state index in [-0.39, 0.29) is 30.5 Å². The standard InChI is InChI=1S/C23H21F3O3/c1-3-28-14-18-9-8-17(12-19(18)24)16-6-4-15(5-7-16)13-29-21-11-10-20(27-2)22(25)23(21)26/h4-12H,3,13-14H2,1-2H3. The summed E-state index contributed by atoms with van der Waals surface area (Å²) in [6.07, 6.45) is 0. The van der Waals surface area contributed by atoms with Crippen LogP contribution >= 0.6 is 0 Å². The van der Waals surface area contributed by atoms with Crippen LogP contribution in [0.1, 0.15) is 18.1 Å². The Labute approximate surface area is 167 Å². The lowest BCUT2D eigenvalue weighted by Crippen LogP contribution is -2.00. The molecule has 0 unspecified atom stereocenters. The van der Waals surface area contributed by atoms with Gasteiger partial charge in [0.05, 0.1) is 13.7 Å². The summed E-state index contributed by atoms with van der Waals surface area (Å²) in [5, 5.41) is 0. The van der Waals surface area contributed by atoms with Gasteiger partial charge < -0.3 is 14.2 Å². The van der Waals surface area contributed by atoms with Gasteiger partial charge in [0.2, 0.25) is 11.6 Å². The summed E-state index contributed by atoms with van der Waals surface area (Å²) in [6.45, 7) is 2.68. The summed E-state index contributed by atoms with van der Waals surface area (Å²) in [7, 11) is 1.26. The van der Waals surface area contributed by atoms with Crippen molar-refractivity contribution in [3.05, 3.63) is 83.2 Å². The Kier molecular flexibility index (Phi) is 6.77. The first-order valence-corrected chi connectivity index (χ1v) is 9.13. The molecule has 3 rings (SSSR count). The van der Waals surface area contributed by atoms with E-state index in [2.05, 4.69) is 0 Å². The summed E-state index contributed by atoms with van der Waals surface area (Å²) in [6, 6.07) is 14.9. The number of ether oxygens (including phenoxy) is 3. The second-order valence-corrected chi connectivity index (χ2v) is 6.32. The third-order valence-corrected chi connectivity index (χ3v) is 4.43. The molecule has 0 aromatic heterocycles. The van der Waals surface area contributed by atoms with Gasteiger partial charge in [-0.3, -0.25) is 0 Å². The zero-order valence-electron chi connectivity index (χ0n) is 16.2. The van der Waals surface area contributed by atoms with E-state index in [1.54, 1.807) is 18.2 Å². The third kappa shape index (κ3) is 4.90. The van der Waals surface area contributed by atoms with Crippen molar-refractivity contribution in [3.63, 3.8) is 0 Å². The van der Waals surface area contributed by atoms with Crippen LogP contribution in [0.2, 0.25) is 0 Å². The molecule has 0 N–H and O–H groups in total. The maximum absolute atomic E-state index is 14.2. The lowest BCUT2D eigenvalue weighted by Gasteiger charge is -2.11. The maximum atomic E-state index is 14.2. The van der Waals surface area contributed by atoms with Gasteiger partial charge in [0.15, 0.2) is 11.5 Å². The van der Waals surface area contributed by atoms with Crippen LogP contribution in [0.15, 0.2) is 54.6 Å². The predicted octanol–water partition coefficient (Wildman–Crippen LogP) is 5.90. The molecule has 6 heteroatoms. The highest BCUT2D eigenvalue weighted by Gasteiger charge is 2.15. The van der Waals surface area contributed by atoms with Crippen LogP contribution in [-0.2, 0) is 18.0 Å². The van der Waals surface area contributed by atoms with Gasteiger partial charge in [-0.15, -0.1) is 0 Å². The highest BCUT2D eigenvalue weighted by Crippen LogP contribution is 2.28. The van der Waals surface area contributed by atoms with Crippen LogP contribution in [0.3, 0.4) is 0 Å². The van der Waals surface area contributed by atoms with E-state index in [4.69, 9.17) is 14.2 Å². The molecule has 0 aliphatic rings. The SMILES string of the molecule is CCOCc1ccc(-c2ccc(COc3ccc(OC)c(F)c3F)cc2)cc1F. The van der Waals surface area contributed by atoms with Crippen LogP contribution < -0.4 is 9.47 Å². The third-order valence-electron chi connectivity index (χ3n) is 4.43. The molecule has 0 radical (unpaired) electrons. The molecule has 0 aliphatic heterocycles. The normalized spacial score (nSPS) is 10.8. The van der Waals surface area contributed by atoms with Gasteiger partial charge in [0.25, 0.3) is 0 Å². The van der Waals surface area contributed by atoms with Crippen molar-refractivity contribution in [1.82, 2.24) is 0 Å². The lowest BCUT2D eigenvalue weighted by atomic mass is 10.0. The number of hydrogen-bond donors (Lipinski definition) is 0. The van der Waals surface area contributed by atoms with E-state index in [0.29, 0.717) is 12.2 Å². The molecule has 0 fully saturated rings. The first-order valence-electron chi connectivity index (χ1n) is 9.13. The Bertz CT molecular complexity index is 972. The molecule has 0 amide bonds. The summed E-state index contributed by atoms with van der Waals surface area (Å²) < 4.78 is 57.2. The van der Waals surface area contributed by atoms with Gasteiger partial charge >= 0.3 is 0 Å². The molecule has 3 nitrogen and oxygen atoms in total. The largest absolute Gasteiger partial charge is 0.494 e. The minimum atomic E-state index is -1.09. The van der Waals surface area contributed by atoms with E-state index in [9.17, 15) is 13.2 Å². The fraction of sp³-hybridized carbons (Fsp3) is 0.217. The van der Waals surface area contributed by atoms with E-state index in [1.165, 1.54) is 25.3 Å². The molecular formula is C23H21F3O3. The molecule has 0 spiro atoms. The van der Waals surface area contributed by atoms with Crippen molar-refractivity contribution in [3.8, 4) is 22.6 Å². The minimum Gasteiger partial charge on any atom is -0.494 e. The molecule has 0 bridgehead atoms. The quantitative estimate of drug-likeness (QED) is 0.470. The lowest BCUT2D eigenvalue weighted by molar-refractivity contribution is 0.131. The summed E-state index contributed by atoms with van der Waals surface area (Å²) in [4.78, 5) is 0. The summed E-state index contributed by atoms with van der Waals surface area (Å²) >= 11 is 0. The number of benzene rings is 3. The number of halogens is 3. The minimum absolute atomic E-state index is 0.0601. The second-order valence-electron chi connectivity index (χ2n) is 6.32. The van der Waals surface area contributed by atoms with Gasteiger partial charge in [-0.1, -0.05) is 36.4 Å². The average molecular weight is 402 g/mol. The van der Waals surface area contributed by atoms with E-state index >= 15 is 0 Å². The van der Waals surface area contributed by atoms with Gasteiger partial charge in [0.1, 0.15) is 12.4 Å². The number of hydrogen-bond acceptors (Lipinski definition) is 3. The van der Waals surface area contributed by atoms with Crippen molar-refractivity contribution in [1.29, 1.82) is 0 Å². The Balaban J connectivity index is 1.68. The van der Waals surface area contributed by atoms with Gasteiger partial charge in [0, 0.05) is 12.2 Å². The zero-order valence-corrected chi connectivity index (χ0v) is 16.2. The van der Waals surface area contributed by atoms with Crippen molar-refractivity contribution in [2.24, 2.45) is 0 Å². The molecule has 152 valence electrons. The Morgan fingerprint density at radius 1 is 0.759 bits per heavy atom. The molecule has 29 heavy (non-hydrogen) atoms. The number of methoxy groups -OCH3 is 1. The molecule has 0 saturated heterocycles. The van der Waals surface area contributed by atoms with Crippen molar-refractivity contribution < 1.29 is 27.4 Å². The molecule has 3 aromatic carbocycles. The summed E-state index contributed by atoms with van der Waals surface area (Å²) in [5.41, 5.74) is 2.84. The van der Waals surface area contributed by atoms with E-state index in [0.717, 1.165) is 16.7 Å².